The maximum absolute atomic E-state index is 14.7. The first-order valence-corrected chi connectivity index (χ1v) is 9.81. The van der Waals surface area contributed by atoms with Gasteiger partial charge < -0.3 is 9.47 Å². The SMILES string of the molecule is CC(C)(C)OC(=O)NC1(C(F)(F)F)C=C(c2ccc(F)cc2)OC(c2ccccc2)=C1C#N. The monoisotopic (exact) mass is 460 g/mol. The van der Waals surface area contributed by atoms with Gasteiger partial charge in [0.25, 0.3) is 0 Å². The quantitative estimate of drug-likeness (QED) is 0.574. The van der Waals surface area contributed by atoms with E-state index in [0.717, 1.165) is 12.1 Å². The molecule has 1 heterocycles. The van der Waals surface area contributed by atoms with E-state index in [4.69, 9.17) is 9.47 Å². The molecule has 0 aliphatic carbocycles. The summed E-state index contributed by atoms with van der Waals surface area (Å²) in [6, 6.07) is 13.8. The molecular weight excluding hydrogens is 440 g/mol. The third kappa shape index (κ3) is 5.00. The van der Waals surface area contributed by atoms with Crippen LogP contribution in [0.15, 0.2) is 66.2 Å². The van der Waals surface area contributed by atoms with Crippen molar-refractivity contribution < 1.29 is 31.8 Å². The second kappa shape index (κ2) is 8.62. The highest BCUT2D eigenvalue weighted by Gasteiger charge is 2.61. The number of alkyl halides is 3. The number of hydrogen-bond acceptors (Lipinski definition) is 4. The van der Waals surface area contributed by atoms with Gasteiger partial charge in [-0.05, 0) is 51.1 Å². The molecule has 0 aromatic heterocycles. The molecule has 0 fully saturated rings. The summed E-state index contributed by atoms with van der Waals surface area (Å²) in [7, 11) is 0. The Kier molecular flexibility index (Phi) is 6.23. The van der Waals surface area contributed by atoms with E-state index >= 15 is 0 Å². The number of carbonyl (C=O) groups is 1. The molecule has 33 heavy (non-hydrogen) atoms. The molecule has 5 nitrogen and oxygen atoms in total. The molecule has 0 saturated carbocycles. The fourth-order valence-corrected chi connectivity index (χ4v) is 3.18. The Labute approximate surface area is 187 Å². The summed E-state index contributed by atoms with van der Waals surface area (Å²) in [6.07, 6.45) is -5.95. The fourth-order valence-electron chi connectivity index (χ4n) is 3.18. The molecule has 0 spiro atoms. The van der Waals surface area contributed by atoms with E-state index in [1.807, 2.05) is 5.32 Å². The lowest BCUT2D eigenvalue weighted by molar-refractivity contribution is -0.169. The van der Waals surface area contributed by atoms with Gasteiger partial charge in [0, 0.05) is 11.1 Å². The van der Waals surface area contributed by atoms with Gasteiger partial charge >= 0.3 is 12.3 Å². The van der Waals surface area contributed by atoms with Gasteiger partial charge in [0.15, 0.2) is 5.76 Å². The molecule has 0 bridgehead atoms. The second-order valence-corrected chi connectivity index (χ2v) is 8.23. The van der Waals surface area contributed by atoms with E-state index in [2.05, 4.69) is 0 Å². The molecule has 1 amide bonds. The number of nitriles is 1. The molecule has 1 N–H and O–H groups in total. The molecular formula is C24H20F4N2O3. The van der Waals surface area contributed by atoms with Gasteiger partial charge in [-0.25, -0.2) is 9.18 Å². The van der Waals surface area contributed by atoms with E-state index in [-0.39, 0.29) is 16.9 Å². The van der Waals surface area contributed by atoms with E-state index < -0.39 is 40.6 Å². The average Bonchev–Trinajstić information content (AvgIpc) is 2.72. The first-order valence-electron chi connectivity index (χ1n) is 9.81. The summed E-state index contributed by atoms with van der Waals surface area (Å²) < 4.78 is 68.2. The summed E-state index contributed by atoms with van der Waals surface area (Å²) in [5.74, 6) is -1.31. The standard InChI is InChI=1S/C24H20F4N2O3/c1-22(2,3)33-21(31)30-23(24(26,27)28)13-19(15-9-11-17(25)12-10-15)32-20(18(23)14-29)16-7-5-4-6-8-16/h4-13H,1-3H3,(H,30,31). The van der Waals surface area contributed by atoms with E-state index in [1.165, 1.54) is 45.0 Å². The highest BCUT2D eigenvalue weighted by molar-refractivity contribution is 5.83. The topological polar surface area (TPSA) is 71.3 Å². The van der Waals surface area contributed by atoms with Crippen molar-refractivity contribution in [1.82, 2.24) is 5.32 Å². The molecule has 1 aliphatic rings. The van der Waals surface area contributed by atoms with E-state index in [0.29, 0.717) is 6.08 Å². The van der Waals surface area contributed by atoms with Crippen molar-refractivity contribution in [2.45, 2.75) is 38.1 Å². The molecule has 3 rings (SSSR count). The molecule has 0 radical (unpaired) electrons. The van der Waals surface area contributed by atoms with E-state index in [1.54, 1.807) is 24.3 Å². The Bertz CT molecular complexity index is 1140. The zero-order valence-electron chi connectivity index (χ0n) is 18.0. The minimum absolute atomic E-state index is 0.112. The maximum atomic E-state index is 14.7. The number of carbonyl (C=O) groups excluding carboxylic acids is 1. The van der Waals surface area contributed by atoms with E-state index in [9.17, 15) is 27.6 Å². The van der Waals surface area contributed by atoms with Crippen molar-refractivity contribution >= 4 is 17.6 Å². The average molecular weight is 460 g/mol. The second-order valence-electron chi connectivity index (χ2n) is 8.23. The van der Waals surface area contributed by atoms with Crippen molar-refractivity contribution in [2.75, 3.05) is 0 Å². The summed E-state index contributed by atoms with van der Waals surface area (Å²) in [4.78, 5) is 12.5. The van der Waals surface area contributed by atoms with Gasteiger partial charge in [-0.2, -0.15) is 18.4 Å². The lowest BCUT2D eigenvalue weighted by atomic mass is 9.83. The van der Waals surface area contributed by atoms with Crippen molar-refractivity contribution in [3.8, 4) is 6.07 Å². The number of rotatable bonds is 3. The van der Waals surface area contributed by atoms with Crippen LogP contribution in [-0.4, -0.2) is 23.4 Å². The Balaban J connectivity index is 2.28. The van der Waals surface area contributed by atoms with Crippen LogP contribution in [0, 0.1) is 17.1 Å². The first kappa shape index (κ1) is 23.9. The van der Waals surface area contributed by atoms with Crippen molar-refractivity contribution in [3.63, 3.8) is 0 Å². The highest BCUT2D eigenvalue weighted by Crippen LogP contribution is 2.46. The fraction of sp³-hybridized carbons (Fsp3) is 0.250. The van der Waals surface area contributed by atoms with Crippen LogP contribution < -0.4 is 5.32 Å². The lowest BCUT2D eigenvalue weighted by Gasteiger charge is -2.38. The number of nitrogens with one attached hydrogen (secondary N) is 1. The Hall–Kier alpha value is -3.80. The first-order chi connectivity index (χ1) is 15.4. The zero-order chi connectivity index (χ0) is 24.4. The number of hydrogen-bond donors (Lipinski definition) is 1. The van der Waals surface area contributed by atoms with Crippen LogP contribution in [0.2, 0.25) is 0 Å². The van der Waals surface area contributed by atoms with Crippen LogP contribution >= 0.6 is 0 Å². The minimum Gasteiger partial charge on any atom is -0.455 e. The molecule has 2 aromatic rings. The zero-order valence-corrected chi connectivity index (χ0v) is 18.0. The molecule has 1 atom stereocenters. The molecule has 9 heteroatoms. The summed E-state index contributed by atoms with van der Waals surface area (Å²) in [5, 5.41) is 11.6. The van der Waals surface area contributed by atoms with Crippen molar-refractivity contribution in [1.29, 1.82) is 5.26 Å². The van der Waals surface area contributed by atoms with Crippen molar-refractivity contribution in [2.24, 2.45) is 0 Å². The van der Waals surface area contributed by atoms with Crippen LogP contribution in [0.1, 0.15) is 31.9 Å². The van der Waals surface area contributed by atoms with Gasteiger partial charge in [-0.3, -0.25) is 5.32 Å². The van der Waals surface area contributed by atoms with Crippen molar-refractivity contribution in [3.05, 3.63) is 83.2 Å². The van der Waals surface area contributed by atoms with Gasteiger partial charge in [0.05, 0.1) is 0 Å². The molecule has 0 saturated heterocycles. The molecule has 2 aromatic carbocycles. The smallest absolute Gasteiger partial charge is 0.420 e. The Morgan fingerprint density at radius 3 is 2.15 bits per heavy atom. The predicted octanol–water partition coefficient (Wildman–Crippen LogP) is 5.96. The van der Waals surface area contributed by atoms with Crippen LogP contribution in [0.25, 0.3) is 11.5 Å². The predicted molar refractivity (Wildman–Crippen MR) is 113 cm³/mol. The third-order valence-corrected chi connectivity index (χ3v) is 4.60. The summed E-state index contributed by atoms with van der Waals surface area (Å²) in [5.41, 5.74) is -4.94. The third-order valence-electron chi connectivity index (χ3n) is 4.60. The summed E-state index contributed by atoms with van der Waals surface area (Å²) >= 11 is 0. The van der Waals surface area contributed by atoms with Crippen LogP contribution in [-0.2, 0) is 9.47 Å². The highest BCUT2D eigenvalue weighted by atomic mass is 19.4. The van der Waals surface area contributed by atoms with Gasteiger partial charge in [-0.15, -0.1) is 0 Å². The van der Waals surface area contributed by atoms with Crippen LogP contribution in [0.3, 0.4) is 0 Å². The van der Waals surface area contributed by atoms with Crippen LogP contribution in [0.4, 0.5) is 22.4 Å². The van der Waals surface area contributed by atoms with Gasteiger partial charge in [0.1, 0.15) is 28.8 Å². The van der Waals surface area contributed by atoms with Gasteiger partial charge in [-0.1, -0.05) is 30.3 Å². The normalized spacial score (nSPS) is 18.7. The maximum Gasteiger partial charge on any atom is 0.420 e. The number of ether oxygens (including phenoxy) is 2. The minimum atomic E-state index is -5.16. The Morgan fingerprint density at radius 1 is 1.03 bits per heavy atom. The number of benzene rings is 2. The number of alkyl carbamates (subject to hydrolysis) is 1. The molecule has 172 valence electrons. The molecule has 1 aliphatic heterocycles. The summed E-state index contributed by atoms with van der Waals surface area (Å²) in [6.45, 7) is 4.48. The number of amides is 1. The van der Waals surface area contributed by atoms with Crippen LogP contribution in [0.5, 0.6) is 0 Å². The van der Waals surface area contributed by atoms with Gasteiger partial charge in [0.2, 0.25) is 5.54 Å². The Morgan fingerprint density at radius 2 is 1.64 bits per heavy atom. The molecule has 1 unspecified atom stereocenters. The lowest BCUT2D eigenvalue weighted by Crippen LogP contribution is -2.60. The largest absolute Gasteiger partial charge is 0.455 e. The number of halogens is 4. The number of nitrogens with zero attached hydrogens (tertiary/aromatic N) is 1.